The van der Waals surface area contributed by atoms with Crippen molar-refractivity contribution >= 4 is 12.1 Å². The van der Waals surface area contributed by atoms with E-state index in [1.807, 2.05) is 32.6 Å². The molecule has 2 rings (SSSR count). The molecule has 0 bridgehead atoms. The zero-order valence-corrected chi connectivity index (χ0v) is 19.2. The van der Waals surface area contributed by atoms with Gasteiger partial charge in [-0.2, -0.15) is 0 Å². The lowest BCUT2D eigenvalue weighted by atomic mass is 10.0. The van der Waals surface area contributed by atoms with Crippen molar-refractivity contribution in [2.45, 2.75) is 78.4 Å². The molecule has 29 heavy (non-hydrogen) atoms. The number of carbonyl (C=O) groups is 1. The molecule has 1 amide bonds. The van der Waals surface area contributed by atoms with Crippen molar-refractivity contribution in [3.05, 3.63) is 0 Å². The van der Waals surface area contributed by atoms with Gasteiger partial charge in [0.1, 0.15) is 5.60 Å². The zero-order valence-electron chi connectivity index (χ0n) is 19.2. The molecule has 7 nitrogen and oxygen atoms in total. The number of carbonyl (C=O) groups excluding carboxylic acids is 1. The number of likely N-dealkylation sites (tertiary alicyclic amines) is 1. The summed E-state index contributed by atoms with van der Waals surface area (Å²) < 4.78 is 11.1. The van der Waals surface area contributed by atoms with E-state index in [2.05, 4.69) is 17.1 Å². The second-order valence-corrected chi connectivity index (χ2v) is 9.08. The van der Waals surface area contributed by atoms with Crippen LogP contribution in [0.1, 0.15) is 66.7 Å². The maximum absolute atomic E-state index is 12.8. The highest BCUT2D eigenvalue weighted by Crippen LogP contribution is 2.32. The van der Waals surface area contributed by atoms with Crippen LogP contribution < -0.4 is 5.32 Å². The third-order valence-electron chi connectivity index (χ3n) is 5.23. The third kappa shape index (κ3) is 8.81. The summed E-state index contributed by atoms with van der Waals surface area (Å²) in [7, 11) is 0. The molecule has 0 atom stereocenters. The van der Waals surface area contributed by atoms with Crippen molar-refractivity contribution in [2.75, 3.05) is 45.9 Å². The minimum absolute atomic E-state index is 0.153. The molecule has 2 aliphatic rings. The molecule has 0 aromatic carbocycles. The Morgan fingerprint density at radius 3 is 2.41 bits per heavy atom. The first-order valence-corrected chi connectivity index (χ1v) is 11.4. The average molecular weight is 411 g/mol. The molecule has 0 unspecified atom stereocenters. The van der Waals surface area contributed by atoms with Crippen LogP contribution in [0.3, 0.4) is 0 Å². The highest BCUT2D eigenvalue weighted by atomic mass is 16.6. The molecule has 2 fully saturated rings. The van der Waals surface area contributed by atoms with E-state index in [9.17, 15) is 4.79 Å². The molecule has 168 valence electrons. The Bertz CT molecular complexity index is 521. The van der Waals surface area contributed by atoms with Crippen molar-refractivity contribution in [2.24, 2.45) is 10.9 Å². The summed E-state index contributed by atoms with van der Waals surface area (Å²) in [5.41, 5.74) is -0.452. The third-order valence-corrected chi connectivity index (χ3v) is 5.23. The summed E-state index contributed by atoms with van der Waals surface area (Å²) in [6.07, 6.45) is 5.16. The van der Waals surface area contributed by atoms with Gasteiger partial charge in [0.2, 0.25) is 0 Å². The molecule has 0 spiro atoms. The number of ether oxygens (including phenoxy) is 2. The van der Waals surface area contributed by atoms with Gasteiger partial charge in [-0.3, -0.25) is 4.99 Å². The molecule has 0 radical (unpaired) electrons. The van der Waals surface area contributed by atoms with Crippen LogP contribution in [0.5, 0.6) is 0 Å². The first kappa shape index (κ1) is 23.8. The first-order valence-electron chi connectivity index (χ1n) is 11.4. The standard InChI is InChI=1S/C22H42N4O3/c1-6-23-20(24-13-8-16-28-7-2)25-14-11-19(12-15-25)26(17-18-9-10-18)21(27)29-22(3,4)5/h18-19H,6-17H2,1-5H3,(H,23,24). The average Bonchev–Trinajstić information content (AvgIpc) is 3.48. The Hall–Kier alpha value is -1.50. The zero-order chi connectivity index (χ0) is 21.3. The van der Waals surface area contributed by atoms with Crippen LogP contribution in [0.15, 0.2) is 4.99 Å². The van der Waals surface area contributed by atoms with E-state index in [1.54, 1.807) is 0 Å². The number of rotatable bonds is 9. The fraction of sp³-hybridized carbons (Fsp3) is 0.909. The van der Waals surface area contributed by atoms with E-state index in [-0.39, 0.29) is 12.1 Å². The Morgan fingerprint density at radius 2 is 1.86 bits per heavy atom. The largest absolute Gasteiger partial charge is 0.444 e. The van der Waals surface area contributed by atoms with Crippen molar-refractivity contribution < 1.29 is 14.3 Å². The lowest BCUT2D eigenvalue weighted by molar-refractivity contribution is 0.00928. The van der Waals surface area contributed by atoms with E-state index in [1.165, 1.54) is 12.8 Å². The van der Waals surface area contributed by atoms with E-state index in [4.69, 9.17) is 14.5 Å². The van der Waals surface area contributed by atoms with E-state index < -0.39 is 5.60 Å². The second kappa shape index (κ2) is 11.6. The quantitative estimate of drug-likeness (QED) is 0.358. The van der Waals surface area contributed by atoms with Crippen molar-refractivity contribution in [3.8, 4) is 0 Å². The van der Waals surface area contributed by atoms with E-state index in [0.717, 1.165) is 71.2 Å². The summed E-state index contributed by atoms with van der Waals surface area (Å²) in [6, 6.07) is 0.252. The number of nitrogens with zero attached hydrogens (tertiary/aromatic N) is 3. The van der Waals surface area contributed by atoms with Gasteiger partial charge < -0.3 is 24.6 Å². The van der Waals surface area contributed by atoms with Gasteiger partial charge in [0.25, 0.3) is 0 Å². The number of guanidine groups is 1. The molecule has 1 saturated carbocycles. The lowest BCUT2D eigenvalue weighted by Gasteiger charge is -2.40. The summed E-state index contributed by atoms with van der Waals surface area (Å²) in [4.78, 5) is 21.9. The van der Waals surface area contributed by atoms with Gasteiger partial charge in [0.15, 0.2) is 5.96 Å². The SMILES string of the molecule is CCNC(=NCCCOCC)N1CCC(N(CC2CC2)C(=O)OC(C)(C)C)CC1. The van der Waals surface area contributed by atoms with Crippen LogP contribution in [0.4, 0.5) is 4.79 Å². The van der Waals surface area contributed by atoms with Gasteiger partial charge in [-0.15, -0.1) is 0 Å². The molecule has 0 aromatic heterocycles. The Labute approximate surface area is 177 Å². The molecule has 1 aliphatic carbocycles. The minimum Gasteiger partial charge on any atom is -0.444 e. The van der Waals surface area contributed by atoms with Crippen LogP contribution in [0.25, 0.3) is 0 Å². The fourth-order valence-electron chi connectivity index (χ4n) is 3.58. The second-order valence-electron chi connectivity index (χ2n) is 9.08. The Morgan fingerprint density at radius 1 is 1.17 bits per heavy atom. The first-order chi connectivity index (χ1) is 13.8. The predicted molar refractivity (Wildman–Crippen MR) is 117 cm³/mol. The number of hydrogen-bond acceptors (Lipinski definition) is 4. The minimum atomic E-state index is -0.452. The number of piperidine rings is 1. The monoisotopic (exact) mass is 410 g/mol. The molecule has 1 saturated heterocycles. The summed E-state index contributed by atoms with van der Waals surface area (Å²) >= 11 is 0. The van der Waals surface area contributed by atoms with Crippen LogP contribution in [-0.4, -0.2) is 79.4 Å². The van der Waals surface area contributed by atoms with Gasteiger partial charge in [-0.1, -0.05) is 0 Å². The fourth-order valence-corrected chi connectivity index (χ4v) is 3.58. The van der Waals surface area contributed by atoms with Crippen molar-refractivity contribution in [1.29, 1.82) is 0 Å². The maximum Gasteiger partial charge on any atom is 0.410 e. The molecule has 7 heteroatoms. The number of nitrogens with one attached hydrogen (secondary N) is 1. The number of hydrogen-bond donors (Lipinski definition) is 1. The van der Waals surface area contributed by atoms with Crippen LogP contribution in [-0.2, 0) is 9.47 Å². The predicted octanol–water partition coefficient (Wildman–Crippen LogP) is 3.49. The van der Waals surface area contributed by atoms with Crippen LogP contribution in [0.2, 0.25) is 0 Å². The Balaban J connectivity index is 1.90. The molecular formula is C22H42N4O3. The van der Waals surface area contributed by atoms with Crippen molar-refractivity contribution in [1.82, 2.24) is 15.1 Å². The Kier molecular flexibility index (Phi) is 9.53. The highest BCUT2D eigenvalue weighted by Gasteiger charge is 2.35. The molecule has 0 aromatic rings. The van der Waals surface area contributed by atoms with Gasteiger partial charge >= 0.3 is 6.09 Å². The molecule has 1 heterocycles. The van der Waals surface area contributed by atoms with Gasteiger partial charge in [0.05, 0.1) is 0 Å². The molecule has 1 N–H and O–H groups in total. The summed E-state index contributed by atoms with van der Waals surface area (Å²) in [5.74, 6) is 1.64. The number of aliphatic imine (C=N–C) groups is 1. The van der Waals surface area contributed by atoms with Crippen molar-refractivity contribution in [3.63, 3.8) is 0 Å². The smallest absolute Gasteiger partial charge is 0.410 e. The molecular weight excluding hydrogens is 368 g/mol. The number of amides is 1. The molecule has 1 aliphatic heterocycles. The van der Waals surface area contributed by atoms with E-state index >= 15 is 0 Å². The van der Waals surface area contributed by atoms with Gasteiger partial charge in [0, 0.05) is 52.0 Å². The van der Waals surface area contributed by atoms with E-state index in [0.29, 0.717) is 5.92 Å². The van der Waals surface area contributed by atoms with Gasteiger partial charge in [-0.25, -0.2) is 4.79 Å². The highest BCUT2D eigenvalue weighted by molar-refractivity contribution is 5.80. The topological polar surface area (TPSA) is 66.4 Å². The summed E-state index contributed by atoms with van der Waals surface area (Å²) in [6.45, 7) is 15.7. The van der Waals surface area contributed by atoms with Crippen LogP contribution in [0, 0.1) is 5.92 Å². The summed E-state index contributed by atoms with van der Waals surface area (Å²) in [5, 5.41) is 3.41. The van der Waals surface area contributed by atoms with Crippen LogP contribution >= 0.6 is 0 Å². The van der Waals surface area contributed by atoms with Gasteiger partial charge in [-0.05, 0) is 72.6 Å². The maximum atomic E-state index is 12.8. The normalized spacial score (nSPS) is 18.7. The lowest BCUT2D eigenvalue weighted by Crippen LogP contribution is -2.52.